The molecule has 12 heavy (non-hydrogen) atoms. The summed E-state index contributed by atoms with van der Waals surface area (Å²) in [7, 11) is 0. The first-order valence-electron chi connectivity index (χ1n) is 3.83. The SMILES string of the molecule is CCNC(=O)CN1C=C(N)SC1. The van der Waals surface area contributed by atoms with Crippen LogP contribution in [0.25, 0.3) is 0 Å². The molecule has 0 aliphatic carbocycles. The molecule has 0 bridgehead atoms. The van der Waals surface area contributed by atoms with Crippen molar-refractivity contribution in [3.8, 4) is 0 Å². The summed E-state index contributed by atoms with van der Waals surface area (Å²) >= 11 is 1.55. The molecular weight excluding hydrogens is 174 g/mol. The number of nitrogens with one attached hydrogen (secondary N) is 1. The number of thioether (sulfide) groups is 1. The molecule has 0 atom stereocenters. The highest BCUT2D eigenvalue weighted by Crippen LogP contribution is 2.19. The minimum absolute atomic E-state index is 0.0454. The summed E-state index contributed by atoms with van der Waals surface area (Å²) in [4.78, 5) is 13.0. The third-order valence-corrected chi connectivity index (χ3v) is 2.33. The van der Waals surface area contributed by atoms with Gasteiger partial charge in [-0.05, 0) is 6.92 Å². The van der Waals surface area contributed by atoms with Crippen molar-refractivity contribution in [2.75, 3.05) is 19.0 Å². The summed E-state index contributed by atoms with van der Waals surface area (Å²) in [5.74, 6) is 0.826. The van der Waals surface area contributed by atoms with Crippen LogP contribution in [0, 0.1) is 0 Å². The molecule has 68 valence electrons. The van der Waals surface area contributed by atoms with E-state index in [2.05, 4.69) is 5.32 Å². The highest BCUT2D eigenvalue weighted by Gasteiger charge is 2.12. The van der Waals surface area contributed by atoms with E-state index in [0.717, 1.165) is 10.9 Å². The van der Waals surface area contributed by atoms with Gasteiger partial charge in [-0.15, -0.1) is 0 Å². The van der Waals surface area contributed by atoms with Gasteiger partial charge in [0.1, 0.15) is 0 Å². The largest absolute Gasteiger partial charge is 0.392 e. The van der Waals surface area contributed by atoms with Crippen LogP contribution in [0.5, 0.6) is 0 Å². The van der Waals surface area contributed by atoms with Crippen LogP contribution in [0.3, 0.4) is 0 Å². The van der Waals surface area contributed by atoms with Crippen LogP contribution in [0.2, 0.25) is 0 Å². The molecule has 3 N–H and O–H groups in total. The lowest BCUT2D eigenvalue weighted by molar-refractivity contribution is -0.121. The Hall–Kier alpha value is -0.840. The van der Waals surface area contributed by atoms with Gasteiger partial charge in [-0.3, -0.25) is 4.79 Å². The maximum atomic E-state index is 11.1. The standard InChI is InChI=1S/C7H13N3OS/c1-2-9-7(11)4-10-3-6(8)12-5-10/h3H,2,4-5,8H2,1H3,(H,9,11). The van der Waals surface area contributed by atoms with Crippen LogP contribution >= 0.6 is 11.8 Å². The van der Waals surface area contributed by atoms with Crippen molar-refractivity contribution >= 4 is 17.7 Å². The Balaban J connectivity index is 2.28. The summed E-state index contributed by atoms with van der Waals surface area (Å²) in [5.41, 5.74) is 5.53. The van der Waals surface area contributed by atoms with Crippen molar-refractivity contribution in [1.29, 1.82) is 0 Å². The molecule has 0 aromatic heterocycles. The zero-order chi connectivity index (χ0) is 8.97. The first-order valence-corrected chi connectivity index (χ1v) is 4.81. The minimum Gasteiger partial charge on any atom is -0.392 e. The second-order valence-electron chi connectivity index (χ2n) is 2.51. The van der Waals surface area contributed by atoms with Crippen LogP contribution in [0.1, 0.15) is 6.92 Å². The molecular formula is C7H13N3OS. The zero-order valence-corrected chi connectivity index (χ0v) is 7.86. The summed E-state index contributed by atoms with van der Waals surface area (Å²) in [6.45, 7) is 2.99. The highest BCUT2D eigenvalue weighted by molar-refractivity contribution is 8.03. The number of amides is 1. The molecule has 5 heteroatoms. The van der Waals surface area contributed by atoms with Gasteiger partial charge in [0.05, 0.1) is 17.5 Å². The molecule has 0 fully saturated rings. The number of hydrogen-bond acceptors (Lipinski definition) is 4. The average Bonchev–Trinajstić information content (AvgIpc) is 2.36. The number of nitrogens with zero attached hydrogens (tertiary/aromatic N) is 1. The minimum atomic E-state index is 0.0454. The maximum absolute atomic E-state index is 11.1. The fourth-order valence-corrected chi connectivity index (χ4v) is 1.65. The van der Waals surface area contributed by atoms with E-state index in [0.29, 0.717) is 13.1 Å². The Morgan fingerprint density at radius 2 is 2.67 bits per heavy atom. The van der Waals surface area contributed by atoms with Gasteiger partial charge in [-0.25, -0.2) is 0 Å². The monoisotopic (exact) mass is 187 g/mol. The average molecular weight is 187 g/mol. The van der Waals surface area contributed by atoms with Gasteiger partial charge < -0.3 is 16.0 Å². The van der Waals surface area contributed by atoms with Crippen LogP contribution < -0.4 is 11.1 Å². The van der Waals surface area contributed by atoms with Gasteiger partial charge in [-0.2, -0.15) is 0 Å². The van der Waals surface area contributed by atoms with Gasteiger partial charge >= 0.3 is 0 Å². The van der Waals surface area contributed by atoms with Crippen LogP contribution in [0.15, 0.2) is 11.2 Å². The van der Waals surface area contributed by atoms with Crippen LogP contribution in [-0.4, -0.2) is 29.8 Å². The first kappa shape index (κ1) is 9.25. The Kier molecular flexibility index (Phi) is 3.28. The van der Waals surface area contributed by atoms with Gasteiger partial charge in [0, 0.05) is 12.7 Å². The molecule has 0 unspecified atom stereocenters. The molecule has 0 aromatic rings. The Morgan fingerprint density at radius 1 is 1.92 bits per heavy atom. The van der Waals surface area contributed by atoms with E-state index < -0.39 is 0 Å². The lowest BCUT2D eigenvalue weighted by Gasteiger charge is -2.12. The summed E-state index contributed by atoms with van der Waals surface area (Å²) in [6.07, 6.45) is 1.81. The molecule has 4 nitrogen and oxygen atoms in total. The van der Waals surface area contributed by atoms with Crippen molar-refractivity contribution < 1.29 is 4.79 Å². The molecule has 0 aromatic carbocycles. The molecule has 0 saturated heterocycles. The van der Waals surface area contributed by atoms with Gasteiger partial charge in [0.25, 0.3) is 0 Å². The number of likely N-dealkylation sites (N-methyl/N-ethyl adjacent to an activating group) is 1. The first-order chi connectivity index (χ1) is 5.72. The molecule has 0 spiro atoms. The lowest BCUT2D eigenvalue weighted by atomic mass is 10.5. The second kappa shape index (κ2) is 4.25. The number of rotatable bonds is 3. The summed E-state index contributed by atoms with van der Waals surface area (Å²) in [6, 6.07) is 0. The van der Waals surface area contributed by atoms with Crippen LogP contribution in [0.4, 0.5) is 0 Å². The van der Waals surface area contributed by atoms with Crippen molar-refractivity contribution in [2.45, 2.75) is 6.92 Å². The van der Waals surface area contributed by atoms with Gasteiger partial charge in [0.15, 0.2) is 0 Å². The lowest BCUT2D eigenvalue weighted by Crippen LogP contribution is -2.33. The predicted molar refractivity (Wildman–Crippen MR) is 50.1 cm³/mol. The third kappa shape index (κ3) is 2.65. The van der Waals surface area contributed by atoms with Crippen molar-refractivity contribution in [1.82, 2.24) is 10.2 Å². The molecule has 1 heterocycles. The molecule has 1 aliphatic rings. The summed E-state index contributed by atoms with van der Waals surface area (Å²) in [5, 5.41) is 3.50. The quantitative estimate of drug-likeness (QED) is 0.647. The maximum Gasteiger partial charge on any atom is 0.239 e. The highest BCUT2D eigenvalue weighted by atomic mass is 32.2. The van der Waals surface area contributed by atoms with E-state index in [-0.39, 0.29) is 5.91 Å². The smallest absolute Gasteiger partial charge is 0.239 e. The van der Waals surface area contributed by atoms with Crippen molar-refractivity contribution in [3.63, 3.8) is 0 Å². The van der Waals surface area contributed by atoms with Crippen molar-refractivity contribution in [3.05, 3.63) is 11.2 Å². The molecule has 1 amide bonds. The van der Waals surface area contributed by atoms with Crippen molar-refractivity contribution in [2.24, 2.45) is 5.73 Å². The van der Waals surface area contributed by atoms with E-state index >= 15 is 0 Å². The third-order valence-electron chi connectivity index (χ3n) is 1.43. The number of nitrogens with two attached hydrogens (primary N) is 1. The van der Waals surface area contributed by atoms with E-state index in [9.17, 15) is 4.79 Å². The number of carbonyl (C=O) groups excluding carboxylic acids is 1. The fourth-order valence-electron chi connectivity index (χ4n) is 0.941. The topological polar surface area (TPSA) is 58.4 Å². The molecule has 0 saturated carbocycles. The zero-order valence-electron chi connectivity index (χ0n) is 7.04. The predicted octanol–water partition coefficient (Wildman–Crippen LogP) is -0.114. The summed E-state index contributed by atoms with van der Waals surface area (Å²) < 4.78 is 0. The second-order valence-corrected chi connectivity index (χ2v) is 3.52. The number of carbonyl (C=O) groups is 1. The van der Waals surface area contributed by atoms with E-state index in [1.807, 2.05) is 11.8 Å². The Morgan fingerprint density at radius 3 is 3.17 bits per heavy atom. The van der Waals surface area contributed by atoms with E-state index in [1.165, 1.54) is 0 Å². The number of hydrogen-bond donors (Lipinski definition) is 2. The van der Waals surface area contributed by atoms with Gasteiger partial charge in [-0.1, -0.05) is 11.8 Å². The van der Waals surface area contributed by atoms with Gasteiger partial charge in [0.2, 0.25) is 5.91 Å². The Labute approximate surface area is 76.2 Å². The van der Waals surface area contributed by atoms with E-state index in [1.54, 1.807) is 18.0 Å². The van der Waals surface area contributed by atoms with Crippen LogP contribution in [-0.2, 0) is 4.79 Å². The molecule has 1 aliphatic heterocycles. The Bertz CT molecular complexity index is 205. The normalized spacial score (nSPS) is 16.1. The fraction of sp³-hybridized carbons (Fsp3) is 0.571. The molecule has 1 rings (SSSR count). The molecule has 0 radical (unpaired) electrons. The van der Waals surface area contributed by atoms with E-state index in [4.69, 9.17) is 5.73 Å².